The maximum Gasteiger partial charge on any atom is 0.125 e. The van der Waals surface area contributed by atoms with Gasteiger partial charge in [-0.2, -0.15) is 0 Å². The van der Waals surface area contributed by atoms with Crippen molar-refractivity contribution in [3.8, 4) is 0 Å². The average molecular weight is 238 g/mol. The van der Waals surface area contributed by atoms with E-state index >= 15 is 0 Å². The first kappa shape index (κ1) is 11.5. The normalized spacial score (nSPS) is 11.5. The lowest BCUT2D eigenvalue weighted by atomic mass is 10.2. The fourth-order valence-corrected chi connectivity index (χ4v) is 2.41. The summed E-state index contributed by atoms with van der Waals surface area (Å²) < 4.78 is 14.0. The van der Waals surface area contributed by atoms with Crippen LogP contribution in [-0.2, 0) is 6.54 Å². The number of halogens is 1. The summed E-state index contributed by atoms with van der Waals surface area (Å²) in [6, 6.07) is 4.75. The molecular formula is C12H15FN2S. The molecule has 0 spiro atoms. The van der Waals surface area contributed by atoms with Gasteiger partial charge in [0.15, 0.2) is 0 Å². The Labute approximate surface area is 98.5 Å². The number of thiazole rings is 1. The number of fused-ring (bicyclic) bond motifs is 1. The van der Waals surface area contributed by atoms with Gasteiger partial charge in [0.05, 0.1) is 10.2 Å². The molecule has 0 saturated carbocycles. The van der Waals surface area contributed by atoms with Crippen molar-refractivity contribution in [2.45, 2.75) is 20.4 Å². The summed E-state index contributed by atoms with van der Waals surface area (Å²) in [6.07, 6.45) is 0. The zero-order valence-corrected chi connectivity index (χ0v) is 10.3. The van der Waals surface area contributed by atoms with Crippen LogP contribution in [0, 0.1) is 11.7 Å². The third-order valence-electron chi connectivity index (χ3n) is 2.22. The molecule has 0 fully saturated rings. The second kappa shape index (κ2) is 4.89. The first-order chi connectivity index (χ1) is 7.65. The minimum Gasteiger partial charge on any atom is -0.310 e. The number of nitrogens with one attached hydrogen (secondary N) is 1. The zero-order chi connectivity index (χ0) is 11.5. The van der Waals surface area contributed by atoms with E-state index in [0.29, 0.717) is 5.92 Å². The second-order valence-corrected chi connectivity index (χ2v) is 5.36. The van der Waals surface area contributed by atoms with Crippen molar-refractivity contribution in [1.82, 2.24) is 10.3 Å². The molecule has 0 radical (unpaired) electrons. The predicted octanol–water partition coefficient (Wildman–Crippen LogP) is 3.18. The van der Waals surface area contributed by atoms with Crippen LogP contribution in [0.1, 0.15) is 18.9 Å². The van der Waals surface area contributed by atoms with Crippen LogP contribution in [0.25, 0.3) is 10.2 Å². The van der Waals surface area contributed by atoms with E-state index in [1.54, 1.807) is 17.4 Å². The Hall–Kier alpha value is -1.00. The van der Waals surface area contributed by atoms with Crippen molar-refractivity contribution in [2.24, 2.45) is 5.92 Å². The molecule has 2 rings (SSSR count). The number of benzene rings is 1. The highest BCUT2D eigenvalue weighted by Crippen LogP contribution is 2.22. The second-order valence-electron chi connectivity index (χ2n) is 4.24. The van der Waals surface area contributed by atoms with Crippen molar-refractivity contribution >= 4 is 21.6 Å². The van der Waals surface area contributed by atoms with Crippen molar-refractivity contribution in [2.75, 3.05) is 6.54 Å². The van der Waals surface area contributed by atoms with Gasteiger partial charge in [-0.3, -0.25) is 0 Å². The molecule has 0 saturated heterocycles. The van der Waals surface area contributed by atoms with Crippen LogP contribution in [0.3, 0.4) is 0 Å². The number of rotatable bonds is 4. The van der Waals surface area contributed by atoms with Crippen LogP contribution in [0.4, 0.5) is 4.39 Å². The van der Waals surface area contributed by atoms with E-state index in [-0.39, 0.29) is 5.82 Å². The lowest BCUT2D eigenvalue weighted by Crippen LogP contribution is -2.18. The van der Waals surface area contributed by atoms with E-state index in [1.807, 2.05) is 0 Å². The van der Waals surface area contributed by atoms with E-state index in [9.17, 15) is 4.39 Å². The lowest BCUT2D eigenvalue weighted by molar-refractivity contribution is 0.552. The van der Waals surface area contributed by atoms with E-state index < -0.39 is 0 Å². The predicted molar refractivity (Wildman–Crippen MR) is 66.1 cm³/mol. The molecule has 0 amide bonds. The summed E-state index contributed by atoms with van der Waals surface area (Å²) >= 11 is 1.62. The SMILES string of the molecule is CC(C)CNCc1nc2cc(F)ccc2s1. The van der Waals surface area contributed by atoms with Crippen molar-refractivity contribution in [3.05, 3.63) is 29.0 Å². The summed E-state index contributed by atoms with van der Waals surface area (Å²) in [5.41, 5.74) is 0.756. The topological polar surface area (TPSA) is 24.9 Å². The van der Waals surface area contributed by atoms with Crippen molar-refractivity contribution in [1.29, 1.82) is 0 Å². The summed E-state index contributed by atoms with van der Waals surface area (Å²) in [5.74, 6) is 0.409. The summed E-state index contributed by atoms with van der Waals surface area (Å²) in [7, 11) is 0. The molecule has 0 atom stereocenters. The zero-order valence-electron chi connectivity index (χ0n) is 9.46. The largest absolute Gasteiger partial charge is 0.310 e. The Morgan fingerprint density at radius 1 is 1.44 bits per heavy atom. The molecular weight excluding hydrogens is 223 g/mol. The smallest absolute Gasteiger partial charge is 0.125 e. The molecule has 4 heteroatoms. The fourth-order valence-electron chi connectivity index (χ4n) is 1.49. The van der Waals surface area contributed by atoms with Gasteiger partial charge in [-0.15, -0.1) is 11.3 Å². The number of hydrogen-bond acceptors (Lipinski definition) is 3. The van der Waals surface area contributed by atoms with E-state index in [1.165, 1.54) is 12.1 Å². The number of hydrogen-bond donors (Lipinski definition) is 1. The lowest BCUT2D eigenvalue weighted by Gasteiger charge is -2.04. The molecule has 1 aromatic heterocycles. The van der Waals surface area contributed by atoms with Crippen LogP contribution in [0.5, 0.6) is 0 Å². The average Bonchev–Trinajstić information content (AvgIpc) is 2.58. The molecule has 2 nitrogen and oxygen atoms in total. The molecule has 16 heavy (non-hydrogen) atoms. The van der Waals surface area contributed by atoms with Crippen LogP contribution in [-0.4, -0.2) is 11.5 Å². The van der Waals surface area contributed by atoms with Gasteiger partial charge < -0.3 is 5.32 Å². The highest BCUT2D eigenvalue weighted by Gasteiger charge is 2.04. The van der Waals surface area contributed by atoms with Gasteiger partial charge >= 0.3 is 0 Å². The summed E-state index contributed by atoms with van der Waals surface area (Å²) in [6.45, 7) is 6.07. The standard InChI is InChI=1S/C12H15FN2S/c1-8(2)6-14-7-12-15-10-5-9(13)3-4-11(10)16-12/h3-5,8,14H,6-7H2,1-2H3. The van der Waals surface area contributed by atoms with E-state index in [0.717, 1.165) is 28.3 Å². The first-order valence-electron chi connectivity index (χ1n) is 5.41. The van der Waals surface area contributed by atoms with Gasteiger partial charge in [0.2, 0.25) is 0 Å². The van der Waals surface area contributed by atoms with Gasteiger partial charge in [-0.05, 0) is 24.6 Å². The van der Waals surface area contributed by atoms with E-state index in [2.05, 4.69) is 24.1 Å². The van der Waals surface area contributed by atoms with Crippen LogP contribution < -0.4 is 5.32 Å². The molecule has 0 aliphatic carbocycles. The third-order valence-corrected chi connectivity index (χ3v) is 3.26. The van der Waals surface area contributed by atoms with Gasteiger partial charge in [-0.1, -0.05) is 13.8 Å². The molecule has 1 heterocycles. The van der Waals surface area contributed by atoms with Crippen LogP contribution in [0.15, 0.2) is 18.2 Å². The Balaban J connectivity index is 2.08. The van der Waals surface area contributed by atoms with Gasteiger partial charge in [0.1, 0.15) is 10.8 Å². The molecule has 1 N–H and O–H groups in total. The molecule has 86 valence electrons. The molecule has 0 bridgehead atoms. The molecule has 2 aromatic rings. The maximum atomic E-state index is 13.0. The summed E-state index contributed by atoms with van der Waals surface area (Å²) in [5, 5.41) is 4.35. The fraction of sp³-hybridized carbons (Fsp3) is 0.417. The Morgan fingerprint density at radius 2 is 2.25 bits per heavy atom. The van der Waals surface area contributed by atoms with Crippen LogP contribution in [0.2, 0.25) is 0 Å². The van der Waals surface area contributed by atoms with Crippen molar-refractivity contribution in [3.63, 3.8) is 0 Å². The first-order valence-corrected chi connectivity index (χ1v) is 6.22. The van der Waals surface area contributed by atoms with Crippen LogP contribution >= 0.6 is 11.3 Å². The molecule has 0 aliphatic heterocycles. The summed E-state index contributed by atoms with van der Waals surface area (Å²) in [4.78, 5) is 4.39. The highest BCUT2D eigenvalue weighted by atomic mass is 32.1. The maximum absolute atomic E-state index is 13.0. The Kier molecular flexibility index (Phi) is 3.51. The van der Waals surface area contributed by atoms with Gasteiger partial charge in [0.25, 0.3) is 0 Å². The Bertz CT molecular complexity index is 479. The van der Waals surface area contributed by atoms with Crippen molar-refractivity contribution < 1.29 is 4.39 Å². The monoisotopic (exact) mass is 238 g/mol. The minimum absolute atomic E-state index is 0.223. The number of nitrogens with zero attached hydrogens (tertiary/aromatic N) is 1. The third kappa shape index (κ3) is 2.77. The van der Waals surface area contributed by atoms with Gasteiger partial charge in [-0.25, -0.2) is 9.37 Å². The number of aromatic nitrogens is 1. The van der Waals surface area contributed by atoms with E-state index in [4.69, 9.17) is 0 Å². The molecule has 0 unspecified atom stereocenters. The minimum atomic E-state index is -0.223. The molecule has 1 aromatic carbocycles. The quantitative estimate of drug-likeness (QED) is 0.885. The highest BCUT2D eigenvalue weighted by molar-refractivity contribution is 7.18. The molecule has 0 aliphatic rings. The Morgan fingerprint density at radius 3 is 3.00 bits per heavy atom. The van der Waals surface area contributed by atoms with Gasteiger partial charge in [0, 0.05) is 12.6 Å².